The summed E-state index contributed by atoms with van der Waals surface area (Å²) in [5.41, 5.74) is 1.83. The van der Waals surface area contributed by atoms with E-state index >= 15 is 0 Å². The number of rotatable bonds is 5. The molecule has 3 rings (SSSR count). The fraction of sp³-hybridized carbons (Fsp3) is 0.100. The van der Waals surface area contributed by atoms with Gasteiger partial charge in [0.25, 0.3) is 0 Å². The SMILES string of the molecule is CCOC(=O)[CH-]Oc1[c-]cccc1.[Pd+2].c1ccc(-c2ccccn2)nc1. The molecular formula is C20H18N2O3Pd. The average Bonchev–Trinajstić information content (AvgIpc) is 2.69. The van der Waals surface area contributed by atoms with Crippen LogP contribution in [0.5, 0.6) is 5.75 Å². The van der Waals surface area contributed by atoms with Crippen molar-refractivity contribution in [2.75, 3.05) is 6.61 Å². The van der Waals surface area contributed by atoms with Gasteiger partial charge in [0.15, 0.2) is 0 Å². The number of aromatic nitrogens is 2. The first kappa shape index (κ1) is 21.4. The predicted molar refractivity (Wildman–Crippen MR) is 94.3 cm³/mol. The van der Waals surface area contributed by atoms with Crippen molar-refractivity contribution in [3.63, 3.8) is 0 Å². The fourth-order valence-electron chi connectivity index (χ4n) is 1.77. The van der Waals surface area contributed by atoms with Crippen molar-refractivity contribution in [1.29, 1.82) is 0 Å². The largest absolute Gasteiger partial charge is 2.00 e. The molecule has 0 fully saturated rings. The number of esters is 1. The van der Waals surface area contributed by atoms with Gasteiger partial charge in [-0.3, -0.25) is 14.8 Å². The Morgan fingerprint density at radius 2 is 1.62 bits per heavy atom. The Morgan fingerprint density at radius 1 is 1.00 bits per heavy atom. The maximum Gasteiger partial charge on any atom is 2.00 e. The van der Waals surface area contributed by atoms with Gasteiger partial charge in [-0.25, -0.2) is 0 Å². The first-order valence-electron chi connectivity index (χ1n) is 7.75. The second kappa shape index (κ2) is 12.7. The molecular weight excluding hydrogens is 423 g/mol. The van der Waals surface area contributed by atoms with E-state index in [0.717, 1.165) is 18.0 Å². The van der Waals surface area contributed by atoms with Gasteiger partial charge in [-0.05, 0) is 36.9 Å². The van der Waals surface area contributed by atoms with Gasteiger partial charge >= 0.3 is 20.4 Å². The van der Waals surface area contributed by atoms with E-state index in [1.54, 1.807) is 37.5 Å². The molecule has 0 bridgehead atoms. The fourth-order valence-corrected chi connectivity index (χ4v) is 1.77. The van der Waals surface area contributed by atoms with Crippen LogP contribution in [0.15, 0.2) is 73.1 Å². The summed E-state index contributed by atoms with van der Waals surface area (Å²) in [6.45, 7) is 3.10. The third-order valence-corrected chi connectivity index (χ3v) is 2.84. The number of benzene rings is 1. The molecule has 136 valence electrons. The number of carbonyl (C=O) groups is 1. The van der Waals surface area contributed by atoms with Crippen LogP contribution in [0.1, 0.15) is 6.92 Å². The Balaban J connectivity index is 0.000000251. The Kier molecular flexibility index (Phi) is 10.4. The van der Waals surface area contributed by atoms with Crippen LogP contribution in [-0.4, -0.2) is 22.5 Å². The van der Waals surface area contributed by atoms with Gasteiger partial charge in [0.1, 0.15) is 0 Å². The van der Waals surface area contributed by atoms with Gasteiger partial charge in [0.05, 0.1) is 18.0 Å². The maximum atomic E-state index is 10.8. The quantitative estimate of drug-likeness (QED) is 0.344. The van der Waals surface area contributed by atoms with Crippen LogP contribution in [0.2, 0.25) is 0 Å². The van der Waals surface area contributed by atoms with Crippen LogP contribution in [0.3, 0.4) is 0 Å². The van der Waals surface area contributed by atoms with Gasteiger partial charge in [-0.2, -0.15) is 18.2 Å². The molecule has 0 aliphatic carbocycles. The summed E-state index contributed by atoms with van der Waals surface area (Å²) < 4.78 is 9.60. The Labute approximate surface area is 167 Å². The van der Waals surface area contributed by atoms with Crippen molar-refractivity contribution < 1.29 is 34.7 Å². The molecule has 1 aromatic carbocycles. The van der Waals surface area contributed by atoms with Crippen LogP contribution >= 0.6 is 0 Å². The second-order valence-corrected chi connectivity index (χ2v) is 4.64. The third-order valence-electron chi connectivity index (χ3n) is 2.84. The number of pyridine rings is 2. The average molecular weight is 441 g/mol. The van der Waals surface area contributed by atoms with E-state index in [9.17, 15) is 4.79 Å². The zero-order valence-electron chi connectivity index (χ0n) is 14.1. The summed E-state index contributed by atoms with van der Waals surface area (Å²) in [5.74, 6) is 0.00954. The first-order chi connectivity index (χ1) is 12.3. The van der Waals surface area contributed by atoms with Gasteiger partial charge in [0, 0.05) is 12.4 Å². The topological polar surface area (TPSA) is 61.3 Å². The number of hydrogen-bond donors (Lipinski definition) is 0. The van der Waals surface area contributed by atoms with Crippen molar-refractivity contribution in [2.45, 2.75) is 6.92 Å². The van der Waals surface area contributed by atoms with Gasteiger partial charge in [0.2, 0.25) is 5.97 Å². The van der Waals surface area contributed by atoms with E-state index in [0.29, 0.717) is 12.4 Å². The van der Waals surface area contributed by atoms with Crippen molar-refractivity contribution >= 4 is 5.97 Å². The Bertz CT molecular complexity index is 703. The van der Waals surface area contributed by atoms with Crippen molar-refractivity contribution in [1.82, 2.24) is 9.97 Å². The number of carbonyl (C=O) groups excluding carboxylic acids is 1. The maximum absolute atomic E-state index is 10.8. The monoisotopic (exact) mass is 440 g/mol. The van der Waals surface area contributed by atoms with Crippen LogP contribution in [0.25, 0.3) is 11.4 Å². The Hall–Kier alpha value is -2.68. The zero-order chi connectivity index (χ0) is 17.7. The molecule has 0 unspecified atom stereocenters. The molecule has 5 nitrogen and oxygen atoms in total. The molecule has 0 saturated carbocycles. The smallest absolute Gasteiger partial charge is 0.650 e. The Morgan fingerprint density at radius 3 is 2.08 bits per heavy atom. The van der Waals surface area contributed by atoms with Crippen molar-refractivity contribution in [3.05, 3.63) is 85.7 Å². The van der Waals surface area contributed by atoms with E-state index in [4.69, 9.17) is 4.74 Å². The first-order valence-corrected chi connectivity index (χ1v) is 7.75. The van der Waals surface area contributed by atoms with Crippen molar-refractivity contribution in [2.24, 2.45) is 0 Å². The number of para-hydroxylation sites is 1. The van der Waals surface area contributed by atoms with Gasteiger partial charge < -0.3 is 9.47 Å². The van der Waals surface area contributed by atoms with Crippen LogP contribution in [0.4, 0.5) is 0 Å². The molecule has 3 aromatic rings. The number of ether oxygens (including phenoxy) is 2. The number of hydrogen-bond acceptors (Lipinski definition) is 5. The van der Waals surface area contributed by atoms with Gasteiger partial charge in [-0.1, -0.05) is 12.1 Å². The summed E-state index contributed by atoms with van der Waals surface area (Å²) in [6.07, 6.45) is 3.54. The number of nitrogens with zero attached hydrogens (tertiary/aromatic N) is 2. The van der Waals surface area contributed by atoms with Crippen LogP contribution in [0, 0.1) is 12.7 Å². The van der Waals surface area contributed by atoms with E-state index in [2.05, 4.69) is 20.8 Å². The molecule has 0 aliphatic heterocycles. The minimum Gasteiger partial charge on any atom is -0.650 e. The van der Waals surface area contributed by atoms with Crippen LogP contribution < -0.4 is 4.74 Å². The van der Waals surface area contributed by atoms with Gasteiger partial charge in [-0.15, -0.1) is 18.7 Å². The van der Waals surface area contributed by atoms with E-state index in [1.165, 1.54) is 0 Å². The standard InChI is InChI=1S/C10H8N2.C10H10O3.Pd/c1-3-7-11-9(5-1)10-6-2-4-8-12-10;1-2-12-10(11)8-13-9-6-4-3-5-7-9;/h1-8H;3-6,8H,2H2,1H3;/q;-2;+2. The van der Waals surface area contributed by atoms with E-state index in [1.807, 2.05) is 42.5 Å². The molecule has 0 saturated heterocycles. The normalized spacial score (nSPS) is 8.96. The van der Waals surface area contributed by atoms with E-state index < -0.39 is 5.97 Å². The summed E-state index contributed by atoms with van der Waals surface area (Å²) in [6, 6.07) is 21.4. The summed E-state index contributed by atoms with van der Waals surface area (Å²) in [4.78, 5) is 19.2. The summed E-state index contributed by atoms with van der Waals surface area (Å²) in [5, 5.41) is 0. The van der Waals surface area contributed by atoms with E-state index in [-0.39, 0.29) is 20.4 Å². The third kappa shape index (κ3) is 7.93. The summed E-state index contributed by atoms with van der Waals surface area (Å²) >= 11 is 0. The molecule has 0 radical (unpaired) electrons. The molecule has 26 heavy (non-hydrogen) atoms. The molecule has 0 N–H and O–H groups in total. The molecule has 2 heterocycles. The minimum atomic E-state index is -0.486. The molecule has 0 aliphatic rings. The van der Waals surface area contributed by atoms with Crippen molar-refractivity contribution in [3.8, 4) is 17.1 Å². The zero-order valence-corrected chi connectivity index (χ0v) is 15.7. The predicted octanol–water partition coefficient (Wildman–Crippen LogP) is 3.73. The summed E-state index contributed by atoms with van der Waals surface area (Å²) in [7, 11) is 0. The second-order valence-electron chi connectivity index (χ2n) is 4.64. The minimum absolute atomic E-state index is 0. The molecule has 0 atom stereocenters. The molecule has 2 aromatic heterocycles. The molecule has 6 heteroatoms. The molecule has 0 spiro atoms. The van der Waals surface area contributed by atoms with Crippen LogP contribution in [-0.2, 0) is 30.0 Å². The molecule has 0 amide bonds.